The number of hydrogen-bond donors (Lipinski definition) is 1. The Kier molecular flexibility index (Phi) is 4.50. The lowest BCUT2D eigenvalue weighted by Gasteiger charge is -2.08. The summed E-state index contributed by atoms with van der Waals surface area (Å²) < 4.78 is 26.3. The van der Waals surface area contributed by atoms with Gasteiger partial charge in [0, 0.05) is 6.54 Å². The van der Waals surface area contributed by atoms with Crippen LogP contribution in [-0.4, -0.2) is 15.0 Å². The highest BCUT2D eigenvalue weighted by molar-refractivity contribution is 7.89. The Morgan fingerprint density at radius 2 is 2.12 bits per heavy atom. The van der Waals surface area contributed by atoms with E-state index in [0.717, 1.165) is 5.56 Å². The summed E-state index contributed by atoms with van der Waals surface area (Å²) in [5, 5.41) is 0. The molecule has 0 aliphatic carbocycles. The van der Waals surface area contributed by atoms with Crippen LogP contribution in [0.5, 0.6) is 0 Å². The molecular weight excluding hydrogens is 222 g/mol. The van der Waals surface area contributed by atoms with Crippen LogP contribution in [0.25, 0.3) is 0 Å². The topological polar surface area (TPSA) is 46.2 Å². The van der Waals surface area contributed by atoms with Gasteiger partial charge in [0.15, 0.2) is 0 Å². The first kappa shape index (κ1) is 12.7. The number of sulfonamides is 1. The van der Waals surface area contributed by atoms with E-state index in [1.807, 2.05) is 19.1 Å². The summed E-state index contributed by atoms with van der Waals surface area (Å²) in [6.07, 6.45) is 2.22. The zero-order valence-corrected chi connectivity index (χ0v) is 10.0. The van der Waals surface area contributed by atoms with Crippen LogP contribution in [0.2, 0.25) is 0 Å². The molecule has 0 saturated carbocycles. The molecular formula is C12H15NO2S. The highest BCUT2D eigenvalue weighted by Gasteiger charge is 2.15. The third kappa shape index (κ3) is 3.07. The minimum atomic E-state index is -3.42. The first-order valence-electron chi connectivity index (χ1n) is 5.03. The number of benzene rings is 1. The Morgan fingerprint density at radius 3 is 2.75 bits per heavy atom. The van der Waals surface area contributed by atoms with Crippen LogP contribution in [0, 0.1) is 0 Å². The highest BCUT2D eigenvalue weighted by Crippen LogP contribution is 2.15. The second-order valence-electron chi connectivity index (χ2n) is 3.22. The summed E-state index contributed by atoms with van der Waals surface area (Å²) in [5.41, 5.74) is 3.34. The monoisotopic (exact) mass is 237 g/mol. The van der Waals surface area contributed by atoms with Crippen molar-refractivity contribution < 1.29 is 8.42 Å². The van der Waals surface area contributed by atoms with Gasteiger partial charge in [0.25, 0.3) is 0 Å². The molecule has 0 spiro atoms. The van der Waals surface area contributed by atoms with E-state index in [-0.39, 0.29) is 6.54 Å². The van der Waals surface area contributed by atoms with Crippen molar-refractivity contribution in [2.45, 2.75) is 18.2 Å². The van der Waals surface area contributed by atoms with Gasteiger partial charge in [-0.2, -0.15) is 0 Å². The lowest BCUT2D eigenvalue weighted by Crippen LogP contribution is -2.24. The van der Waals surface area contributed by atoms with Crippen LogP contribution in [-0.2, 0) is 16.4 Å². The fourth-order valence-electron chi connectivity index (χ4n) is 1.36. The van der Waals surface area contributed by atoms with Crippen molar-refractivity contribution in [3.63, 3.8) is 0 Å². The van der Waals surface area contributed by atoms with Crippen molar-refractivity contribution in [2.75, 3.05) is 6.54 Å². The van der Waals surface area contributed by atoms with Gasteiger partial charge in [-0.15, -0.1) is 5.73 Å². The third-order valence-electron chi connectivity index (χ3n) is 2.16. The van der Waals surface area contributed by atoms with Crippen molar-refractivity contribution in [3.05, 3.63) is 48.2 Å². The molecule has 0 amide bonds. The van der Waals surface area contributed by atoms with Gasteiger partial charge in [-0.1, -0.05) is 31.7 Å². The normalized spacial score (nSPS) is 10.8. The summed E-state index contributed by atoms with van der Waals surface area (Å²) in [7, 11) is -3.42. The molecule has 0 atom stereocenters. The maximum absolute atomic E-state index is 11.9. The second-order valence-corrected chi connectivity index (χ2v) is 4.96. The molecule has 16 heavy (non-hydrogen) atoms. The van der Waals surface area contributed by atoms with Crippen molar-refractivity contribution in [1.29, 1.82) is 0 Å². The van der Waals surface area contributed by atoms with Gasteiger partial charge >= 0.3 is 0 Å². The summed E-state index contributed by atoms with van der Waals surface area (Å²) in [5.74, 6) is 0. The van der Waals surface area contributed by atoms with E-state index in [2.05, 4.69) is 17.0 Å². The third-order valence-corrected chi connectivity index (χ3v) is 3.69. The van der Waals surface area contributed by atoms with Crippen molar-refractivity contribution in [2.24, 2.45) is 0 Å². The number of nitrogens with one attached hydrogen (secondary N) is 1. The quantitative estimate of drug-likeness (QED) is 0.795. The molecule has 0 bridgehead atoms. The smallest absolute Gasteiger partial charge is 0.207 e. The molecule has 0 aliphatic rings. The highest BCUT2D eigenvalue weighted by atomic mass is 32.2. The molecule has 0 heterocycles. The van der Waals surface area contributed by atoms with Gasteiger partial charge in [-0.3, -0.25) is 0 Å². The van der Waals surface area contributed by atoms with Gasteiger partial charge in [0.2, 0.25) is 10.0 Å². The summed E-state index contributed by atoms with van der Waals surface area (Å²) in [4.78, 5) is 0.343. The molecule has 0 aromatic heterocycles. The van der Waals surface area contributed by atoms with Gasteiger partial charge in [-0.25, -0.2) is 13.1 Å². The first-order chi connectivity index (χ1) is 7.61. The molecule has 1 aromatic carbocycles. The zero-order chi connectivity index (χ0) is 12.0. The largest absolute Gasteiger partial charge is 0.241 e. The van der Waals surface area contributed by atoms with Crippen LogP contribution in [0.4, 0.5) is 0 Å². The van der Waals surface area contributed by atoms with E-state index >= 15 is 0 Å². The minimum absolute atomic E-state index is 0.212. The lowest BCUT2D eigenvalue weighted by atomic mass is 10.2. The molecule has 1 aromatic rings. The Balaban J connectivity index is 3.02. The number of aryl methyl sites for hydroxylation is 1. The lowest BCUT2D eigenvalue weighted by molar-refractivity contribution is 0.584. The van der Waals surface area contributed by atoms with E-state index < -0.39 is 10.0 Å². The first-order valence-corrected chi connectivity index (χ1v) is 6.52. The summed E-state index contributed by atoms with van der Waals surface area (Å²) >= 11 is 0. The maximum atomic E-state index is 11.9. The Labute approximate surface area is 96.6 Å². The average Bonchev–Trinajstić information content (AvgIpc) is 2.29. The predicted molar refractivity (Wildman–Crippen MR) is 64.7 cm³/mol. The zero-order valence-electron chi connectivity index (χ0n) is 9.23. The van der Waals surface area contributed by atoms with Crippen molar-refractivity contribution in [3.8, 4) is 0 Å². The SMILES string of the molecule is C=C=CCNS(=O)(=O)c1ccccc1CC. The van der Waals surface area contributed by atoms with Crippen molar-refractivity contribution >= 4 is 10.0 Å². The number of hydrogen-bond acceptors (Lipinski definition) is 2. The van der Waals surface area contributed by atoms with Crippen LogP contribution in [0.1, 0.15) is 12.5 Å². The molecule has 3 nitrogen and oxygen atoms in total. The van der Waals surface area contributed by atoms with E-state index in [1.54, 1.807) is 12.1 Å². The Morgan fingerprint density at radius 1 is 1.44 bits per heavy atom. The van der Waals surface area contributed by atoms with Gasteiger partial charge in [0.1, 0.15) is 0 Å². The molecule has 4 heteroatoms. The minimum Gasteiger partial charge on any atom is -0.207 e. The summed E-state index contributed by atoms with van der Waals surface area (Å²) in [6, 6.07) is 6.98. The van der Waals surface area contributed by atoms with Gasteiger partial charge in [-0.05, 0) is 24.1 Å². The fraction of sp³-hybridized carbons (Fsp3) is 0.250. The van der Waals surface area contributed by atoms with E-state index in [9.17, 15) is 8.42 Å². The predicted octanol–water partition coefficient (Wildman–Crippen LogP) is 1.87. The van der Waals surface area contributed by atoms with Gasteiger partial charge in [0.05, 0.1) is 4.90 Å². The standard InChI is InChI=1S/C12H15NO2S/c1-3-5-10-13-16(14,15)12-9-7-6-8-11(12)4-2/h5-9,13H,1,4,10H2,2H3. The molecule has 0 saturated heterocycles. The molecule has 1 rings (SSSR count). The van der Waals surface area contributed by atoms with Gasteiger partial charge < -0.3 is 0 Å². The molecule has 0 unspecified atom stereocenters. The molecule has 86 valence electrons. The van der Waals surface area contributed by atoms with Crippen LogP contribution >= 0.6 is 0 Å². The van der Waals surface area contributed by atoms with Crippen molar-refractivity contribution in [1.82, 2.24) is 4.72 Å². The molecule has 0 fully saturated rings. The number of rotatable bonds is 5. The fourth-order valence-corrected chi connectivity index (χ4v) is 2.63. The van der Waals surface area contributed by atoms with E-state index in [0.29, 0.717) is 11.3 Å². The van der Waals surface area contributed by atoms with E-state index in [4.69, 9.17) is 0 Å². The molecule has 1 N–H and O–H groups in total. The van der Waals surface area contributed by atoms with Crippen LogP contribution in [0.3, 0.4) is 0 Å². The van der Waals surface area contributed by atoms with Crippen LogP contribution in [0.15, 0.2) is 47.5 Å². The molecule has 0 aliphatic heterocycles. The molecule has 0 radical (unpaired) electrons. The van der Waals surface area contributed by atoms with Crippen LogP contribution < -0.4 is 4.72 Å². The maximum Gasteiger partial charge on any atom is 0.241 e. The average molecular weight is 237 g/mol. The Bertz CT molecular complexity index is 500. The Hall–Kier alpha value is -1.35. The second kappa shape index (κ2) is 5.66. The summed E-state index contributed by atoms with van der Waals surface area (Å²) in [6.45, 7) is 5.51. The van der Waals surface area contributed by atoms with E-state index in [1.165, 1.54) is 6.08 Å².